The van der Waals surface area contributed by atoms with Crippen molar-refractivity contribution in [3.63, 3.8) is 0 Å². The van der Waals surface area contributed by atoms with Crippen molar-refractivity contribution in [3.05, 3.63) is 65.6 Å². The van der Waals surface area contributed by atoms with E-state index in [-0.39, 0.29) is 0 Å². The van der Waals surface area contributed by atoms with Crippen LogP contribution >= 0.6 is 11.3 Å². The molecule has 0 bridgehead atoms. The lowest BCUT2D eigenvalue weighted by Gasteiger charge is -2.07. The first kappa shape index (κ1) is 16.6. The van der Waals surface area contributed by atoms with Crippen molar-refractivity contribution in [1.29, 1.82) is 0 Å². The van der Waals surface area contributed by atoms with Crippen LogP contribution < -0.4 is 10.1 Å². The molecule has 0 spiro atoms. The highest BCUT2D eigenvalue weighted by molar-refractivity contribution is 7.15. The van der Waals surface area contributed by atoms with Crippen molar-refractivity contribution in [2.45, 2.75) is 19.9 Å². The van der Waals surface area contributed by atoms with Gasteiger partial charge < -0.3 is 10.1 Å². The number of rotatable bonds is 8. The lowest BCUT2D eigenvalue weighted by Crippen LogP contribution is -2.16. The van der Waals surface area contributed by atoms with E-state index in [1.165, 1.54) is 0 Å². The minimum absolute atomic E-state index is 0.664. The van der Waals surface area contributed by atoms with Crippen LogP contribution in [0.4, 0.5) is 0 Å². The summed E-state index contributed by atoms with van der Waals surface area (Å²) in [6.07, 6.45) is 4.68. The summed E-state index contributed by atoms with van der Waals surface area (Å²) in [4.78, 5) is 9.99. The summed E-state index contributed by atoms with van der Waals surface area (Å²) in [5, 5.41) is 4.51. The van der Waals surface area contributed by atoms with Gasteiger partial charge in [0.05, 0.1) is 11.5 Å². The van der Waals surface area contributed by atoms with Gasteiger partial charge in [-0.1, -0.05) is 18.2 Å². The fraction of sp³-hybridized carbons (Fsp3) is 0.263. The van der Waals surface area contributed by atoms with E-state index >= 15 is 0 Å². The Morgan fingerprint density at radius 3 is 2.79 bits per heavy atom. The molecule has 24 heavy (non-hydrogen) atoms. The molecule has 0 fully saturated rings. The molecule has 5 heteroatoms. The number of benzene rings is 1. The summed E-state index contributed by atoms with van der Waals surface area (Å²) in [7, 11) is 0. The molecule has 2 heterocycles. The maximum absolute atomic E-state index is 5.70. The van der Waals surface area contributed by atoms with E-state index in [0.29, 0.717) is 6.61 Å². The maximum atomic E-state index is 5.70. The average molecular weight is 339 g/mol. The second-order valence-electron chi connectivity index (χ2n) is 5.30. The van der Waals surface area contributed by atoms with Crippen molar-refractivity contribution >= 4 is 11.3 Å². The van der Waals surface area contributed by atoms with Gasteiger partial charge in [-0.3, -0.25) is 4.98 Å². The molecule has 0 saturated heterocycles. The van der Waals surface area contributed by atoms with Gasteiger partial charge in [0.15, 0.2) is 0 Å². The smallest absolute Gasteiger partial charge is 0.127 e. The highest BCUT2D eigenvalue weighted by Crippen LogP contribution is 2.33. The highest BCUT2D eigenvalue weighted by Gasteiger charge is 2.09. The zero-order valence-electron chi connectivity index (χ0n) is 13.7. The van der Waals surface area contributed by atoms with Crippen LogP contribution in [0, 0.1) is 0 Å². The van der Waals surface area contributed by atoms with Gasteiger partial charge in [0, 0.05) is 43.2 Å². The van der Waals surface area contributed by atoms with Crippen LogP contribution in [0.1, 0.15) is 17.6 Å². The zero-order chi connectivity index (χ0) is 16.6. The standard InChI is InChI=1S/C19H21N3OS/c1-2-23-17-9-4-3-8-16(17)18-13-22-19(24-18)14-20-12-10-15-7-5-6-11-21-15/h3-9,11,13,20H,2,10,12,14H2,1H3. The molecular weight excluding hydrogens is 318 g/mol. The minimum atomic E-state index is 0.664. The summed E-state index contributed by atoms with van der Waals surface area (Å²) in [5.74, 6) is 0.915. The van der Waals surface area contributed by atoms with Crippen LogP contribution in [0.3, 0.4) is 0 Å². The number of para-hydroxylation sites is 1. The van der Waals surface area contributed by atoms with E-state index in [4.69, 9.17) is 4.74 Å². The zero-order valence-corrected chi connectivity index (χ0v) is 14.6. The highest BCUT2D eigenvalue weighted by atomic mass is 32.1. The molecule has 124 valence electrons. The predicted octanol–water partition coefficient (Wildman–Crippen LogP) is 3.94. The van der Waals surface area contributed by atoms with E-state index in [0.717, 1.165) is 46.4 Å². The van der Waals surface area contributed by atoms with Crippen LogP contribution in [0.5, 0.6) is 5.75 Å². The van der Waals surface area contributed by atoms with Gasteiger partial charge in [-0.05, 0) is 31.2 Å². The van der Waals surface area contributed by atoms with Crippen molar-refractivity contribution in [3.8, 4) is 16.2 Å². The minimum Gasteiger partial charge on any atom is -0.493 e. The first-order valence-electron chi connectivity index (χ1n) is 8.14. The Kier molecular flexibility index (Phi) is 5.93. The molecule has 1 aromatic carbocycles. The summed E-state index contributed by atoms with van der Waals surface area (Å²) >= 11 is 1.70. The number of thiazole rings is 1. The molecule has 4 nitrogen and oxygen atoms in total. The van der Waals surface area contributed by atoms with Gasteiger partial charge >= 0.3 is 0 Å². The number of hydrogen-bond donors (Lipinski definition) is 1. The molecule has 3 aromatic rings. The second-order valence-corrected chi connectivity index (χ2v) is 6.41. The van der Waals surface area contributed by atoms with E-state index in [1.807, 2.05) is 55.7 Å². The first-order valence-corrected chi connectivity index (χ1v) is 8.96. The van der Waals surface area contributed by atoms with Crippen LogP contribution in [0.25, 0.3) is 10.4 Å². The molecule has 0 aliphatic rings. The van der Waals surface area contributed by atoms with Gasteiger partial charge in [-0.2, -0.15) is 0 Å². The molecule has 3 rings (SSSR count). The summed E-state index contributed by atoms with van der Waals surface area (Å²) in [6, 6.07) is 14.1. The quantitative estimate of drug-likeness (QED) is 0.632. The van der Waals surface area contributed by atoms with Crippen molar-refractivity contribution in [1.82, 2.24) is 15.3 Å². The van der Waals surface area contributed by atoms with Gasteiger partial charge in [0.1, 0.15) is 10.8 Å². The summed E-state index contributed by atoms with van der Waals surface area (Å²) < 4.78 is 5.70. The third-order valence-electron chi connectivity index (χ3n) is 3.57. The lowest BCUT2D eigenvalue weighted by molar-refractivity contribution is 0.341. The third-order valence-corrected chi connectivity index (χ3v) is 4.60. The maximum Gasteiger partial charge on any atom is 0.127 e. The Bertz CT molecular complexity index is 758. The molecule has 0 amide bonds. The van der Waals surface area contributed by atoms with Crippen LogP contribution in [0.2, 0.25) is 0 Å². The number of nitrogens with zero attached hydrogens (tertiary/aromatic N) is 2. The lowest BCUT2D eigenvalue weighted by atomic mass is 10.2. The molecule has 0 radical (unpaired) electrons. The largest absolute Gasteiger partial charge is 0.493 e. The number of aromatic nitrogens is 2. The molecular formula is C19H21N3OS. The number of hydrogen-bond acceptors (Lipinski definition) is 5. The second kappa shape index (κ2) is 8.57. The molecule has 0 saturated carbocycles. The van der Waals surface area contributed by atoms with Gasteiger partial charge in [-0.15, -0.1) is 11.3 Å². The summed E-state index contributed by atoms with van der Waals surface area (Å²) in [6.45, 7) is 4.33. The summed E-state index contributed by atoms with van der Waals surface area (Å²) in [5.41, 5.74) is 2.21. The molecule has 0 unspecified atom stereocenters. The Morgan fingerprint density at radius 2 is 1.96 bits per heavy atom. The Morgan fingerprint density at radius 1 is 1.08 bits per heavy atom. The number of ether oxygens (including phenoxy) is 1. The van der Waals surface area contributed by atoms with E-state index < -0.39 is 0 Å². The van der Waals surface area contributed by atoms with Crippen molar-refractivity contribution < 1.29 is 4.74 Å². The van der Waals surface area contributed by atoms with E-state index in [9.17, 15) is 0 Å². The predicted molar refractivity (Wildman–Crippen MR) is 98.4 cm³/mol. The van der Waals surface area contributed by atoms with Crippen LogP contribution in [-0.2, 0) is 13.0 Å². The third kappa shape index (κ3) is 4.40. The fourth-order valence-corrected chi connectivity index (χ4v) is 3.34. The van der Waals surface area contributed by atoms with Crippen molar-refractivity contribution in [2.24, 2.45) is 0 Å². The van der Waals surface area contributed by atoms with Crippen LogP contribution in [-0.4, -0.2) is 23.1 Å². The van der Waals surface area contributed by atoms with Gasteiger partial charge in [0.2, 0.25) is 0 Å². The molecule has 0 atom stereocenters. The topological polar surface area (TPSA) is 47.0 Å². The normalized spacial score (nSPS) is 10.7. The average Bonchev–Trinajstić information content (AvgIpc) is 3.09. The molecule has 1 N–H and O–H groups in total. The molecule has 0 aliphatic heterocycles. The van der Waals surface area contributed by atoms with E-state index in [1.54, 1.807) is 11.3 Å². The van der Waals surface area contributed by atoms with Crippen molar-refractivity contribution in [2.75, 3.05) is 13.2 Å². The number of pyridine rings is 1. The Balaban J connectivity index is 1.56. The number of nitrogens with one attached hydrogen (secondary N) is 1. The monoisotopic (exact) mass is 339 g/mol. The van der Waals surface area contributed by atoms with E-state index in [2.05, 4.69) is 21.4 Å². The Labute approximate surface area is 146 Å². The Hall–Kier alpha value is -2.24. The SMILES string of the molecule is CCOc1ccccc1-c1cnc(CNCCc2ccccn2)s1. The molecule has 2 aromatic heterocycles. The van der Waals surface area contributed by atoms with Gasteiger partial charge in [-0.25, -0.2) is 4.98 Å². The van der Waals surface area contributed by atoms with Gasteiger partial charge in [0.25, 0.3) is 0 Å². The molecule has 0 aliphatic carbocycles. The first-order chi connectivity index (χ1) is 11.9. The van der Waals surface area contributed by atoms with Crippen LogP contribution in [0.15, 0.2) is 54.9 Å². The fourth-order valence-electron chi connectivity index (χ4n) is 2.43.